The first-order chi connectivity index (χ1) is 8.18. The van der Waals surface area contributed by atoms with Gasteiger partial charge >= 0.3 is 0 Å². The van der Waals surface area contributed by atoms with Crippen molar-refractivity contribution in [2.24, 2.45) is 5.92 Å². The standard InChI is InChI=1S/C13H18N2O2/c1-10-4-2-7-12(15(16)17)13(10)14-9-8-11-5-3-6-11/h2,4,7,11,14H,3,5-6,8-9H2,1H3. The first-order valence-electron chi connectivity index (χ1n) is 6.16. The summed E-state index contributed by atoms with van der Waals surface area (Å²) in [5.74, 6) is 0.825. The molecule has 4 nitrogen and oxygen atoms in total. The zero-order chi connectivity index (χ0) is 12.3. The number of nitrogens with one attached hydrogen (secondary N) is 1. The Morgan fingerprint density at radius 2 is 2.24 bits per heavy atom. The topological polar surface area (TPSA) is 55.2 Å². The third-order valence-electron chi connectivity index (χ3n) is 3.53. The monoisotopic (exact) mass is 234 g/mol. The van der Waals surface area contributed by atoms with E-state index in [-0.39, 0.29) is 10.6 Å². The van der Waals surface area contributed by atoms with Crippen molar-refractivity contribution < 1.29 is 4.92 Å². The van der Waals surface area contributed by atoms with E-state index in [9.17, 15) is 10.1 Å². The number of nitro groups is 1. The molecule has 17 heavy (non-hydrogen) atoms. The number of rotatable bonds is 5. The lowest BCUT2D eigenvalue weighted by molar-refractivity contribution is -0.384. The first kappa shape index (κ1) is 11.9. The van der Waals surface area contributed by atoms with E-state index < -0.39 is 0 Å². The molecule has 0 heterocycles. The molecule has 1 fully saturated rings. The Morgan fingerprint density at radius 3 is 2.82 bits per heavy atom. The fourth-order valence-electron chi connectivity index (χ4n) is 2.22. The Bertz CT molecular complexity index is 414. The van der Waals surface area contributed by atoms with Crippen LogP contribution in [0.5, 0.6) is 0 Å². The van der Waals surface area contributed by atoms with Crippen LogP contribution in [-0.2, 0) is 0 Å². The number of aryl methyl sites for hydroxylation is 1. The van der Waals surface area contributed by atoms with Gasteiger partial charge in [0.15, 0.2) is 0 Å². The van der Waals surface area contributed by atoms with Gasteiger partial charge in [0.2, 0.25) is 0 Å². The molecule has 0 aliphatic heterocycles. The highest BCUT2D eigenvalue weighted by molar-refractivity contribution is 5.65. The van der Waals surface area contributed by atoms with Gasteiger partial charge in [-0.2, -0.15) is 0 Å². The second kappa shape index (κ2) is 5.17. The van der Waals surface area contributed by atoms with Crippen LogP contribution in [0.25, 0.3) is 0 Å². The largest absolute Gasteiger partial charge is 0.379 e. The third kappa shape index (κ3) is 2.75. The predicted octanol–water partition coefficient (Wildman–Crippen LogP) is 3.51. The number of anilines is 1. The van der Waals surface area contributed by atoms with E-state index in [1.54, 1.807) is 12.1 Å². The van der Waals surface area contributed by atoms with Crippen molar-refractivity contribution in [2.45, 2.75) is 32.6 Å². The van der Waals surface area contributed by atoms with Crippen molar-refractivity contribution in [3.8, 4) is 0 Å². The van der Waals surface area contributed by atoms with Crippen LogP contribution in [0.4, 0.5) is 11.4 Å². The highest BCUT2D eigenvalue weighted by atomic mass is 16.6. The summed E-state index contributed by atoms with van der Waals surface area (Å²) in [4.78, 5) is 10.6. The molecule has 0 amide bonds. The average Bonchev–Trinajstić information content (AvgIpc) is 2.23. The van der Waals surface area contributed by atoms with Crippen molar-refractivity contribution >= 4 is 11.4 Å². The average molecular weight is 234 g/mol. The Balaban J connectivity index is 2.00. The highest BCUT2D eigenvalue weighted by Gasteiger charge is 2.18. The summed E-state index contributed by atoms with van der Waals surface area (Å²) in [6, 6.07) is 5.18. The number of nitro benzene ring substituents is 1. The number of hydrogen-bond donors (Lipinski definition) is 1. The molecular weight excluding hydrogens is 216 g/mol. The Hall–Kier alpha value is -1.58. The van der Waals surface area contributed by atoms with Gasteiger partial charge in [-0.05, 0) is 24.8 Å². The molecule has 0 atom stereocenters. The van der Waals surface area contributed by atoms with E-state index in [2.05, 4.69) is 5.32 Å². The molecule has 0 radical (unpaired) electrons. The SMILES string of the molecule is Cc1cccc([N+](=O)[O-])c1NCCC1CCC1. The summed E-state index contributed by atoms with van der Waals surface area (Å²) in [7, 11) is 0. The lowest BCUT2D eigenvalue weighted by Crippen LogP contribution is -2.16. The fraction of sp³-hybridized carbons (Fsp3) is 0.538. The molecule has 0 aromatic heterocycles. The maximum atomic E-state index is 10.9. The minimum atomic E-state index is -0.321. The van der Waals surface area contributed by atoms with Crippen LogP contribution in [0.15, 0.2) is 18.2 Å². The highest BCUT2D eigenvalue weighted by Crippen LogP contribution is 2.31. The van der Waals surface area contributed by atoms with Crippen molar-refractivity contribution in [2.75, 3.05) is 11.9 Å². The molecule has 1 aromatic carbocycles. The molecule has 1 aliphatic carbocycles. The third-order valence-corrected chi connectivity index (χ3v) is 3.53. The number of nitrogens with zero attached hydrogens (tertiary/aromatic N) is 1. The molecular formula is C13H18N2O2. The van der Waals surface area contributed by atoms with Gasteiger partial charge in [0.25, 0.3) is 5.69 Å². The van der Waals surface area contributed by atoms with Crippen LogP contribution in [0.2, 0.25) is 0 Å². The predicted molar refractivity (Wildman–Crippen MR) is 68.3 cm³/mol. The van der Waals surface area contributed by atoms with E-state index in [0.29, 0.717) is 5.69 Å². The van der Waals surface area contributed by atoms with Crippen LogP contribution < -0.4 is 5.32 Å². The second-order valence-electron chi connectivity index (χ2n) is 4.74. The molecule has 4 heteroatoms. The Labute approximate surface area is 101 Å². The molecule has 92 valence electrons. The first-order valence-corrected chi connectivity index (χ1v) is 6.16. The lowest BCUT2D eigenvalue weighted by atomic mass is 9.83. The van der Waals surface area contributed by atoms with Crippen LogP contribution in [0.3, 0.4) is 0 Å². The van der Waals surface area contributed by atoms with Crippen molar-refractivity contribution in [1.29, 1.82) is 0 Å². The molecule has 2 rings (SSSR count). The van der Waals surface area contributed by atoms with Crippen LogP contribution in [-0.4, -0.2) is 11.5 Å². The number of benzene rings is 1. The zero-order valence-corrected chi connectivity index (χ0v) is 10.1. The molecule has 0 saturated heterocycles. The lowest BCUT2D eigenvalue weighted by Gasteiger charge is -2.25. The summed E-state index contributed by atoms with van der Waals surface area (Å²) < 4.78 is 0. The molecule has 1 N–H and O–H groups in total. The number of hydrogen-bond acceptors (Lipinski definition) is 3. The van der Waals surface area contributed by atoms with E-state index in [4.69, 9.17) is 0 Å². The summed E-state index contributed by atoms with van der Waals surface area (Å²) in [5.41, 5.74) is 1.79. The van der Waals surface area contributed by atoms with Gasteiger partial charge in [0.05, 0.1) is 4.92 Å². The van der Waals surface area contributed by atoms with E-state index >= 15 is 0 Å². The summed E-state index contributed by atoms with van der Waals surface area (Å²) >= 11 is 0. The van der Waals surface area contributed by atoms with Gasteiger partial charge in [-0.1, -0.05) is 31.4 Å². The van der Waals surface area contributed by atoms with Gasteiger partial charge < -0.3 is 5.32 Å². The van der Waals surface area contributed by atoms with E-state index in [1.807, 2.05) is 13.0 Å². The van der Waals surface area contributed by atoms with Gasteiger partial charge in [-0.25, -0.2) is 0 Å². The summed E-state index contributed by atoms with van der Waals surface area (Å²) in [6.45, 7) is 2.73. The van der Waals surface area contributed by atoms with Crippen molar-refractivity contribution in [3.63, 3.8) is 0 Å². The summed E-state index contributed by atoms with van der Waals surface area (Å²) in [6.07, 6.45) is 5.09. The Morgan fingerprint density at radius 1 is 1.47 bits per heavy atom. The van der Waals surface area contributed by atoms with Crippen LogP contribution >= 0.6 is 0 Å². The van der Waals surface area contributed by atoms with Gasteiger partial charge in [-0.15, -0.1) is 0 Å². The van der Waals surface area contributed by atoms with Crippen molar-refractivity contribution in [1.82, 2.24) is 0 Å². The number of para-hydroxylation sites is 1. The minimum Gasteiger partial charge on any atom is -0.379 e. The maximum absolute atomic E-state index is 10.9. The molecule has 1 aliphatic rings. The second-order valence-corrected chi connectivity index (χ2v) is 4.74. The molecule has 0 unspecified atom stereocenters. The minimum absolute atomic E-state index is 0.179. The molecule has 0 spiro atoms. The molecule has 1 saturated carbocycles. The fourth-order valence-corrected chi connectivity index (χ4v) is 2.22. The zero-order valence-electron chi connectivity index (χ0n) is 10.1. The van der Waals surface area contributed by atoms with Crippen LogP contribution in [0, 0.1) is 23.0 Å². The molecule has 0 bridgehead atoms. The van der Waals surface area contributed by atoms with E-state index in [1.165, 1.54) is 19.3 Å². The van der Waals surface area contributed by atoms with Gasteiger partial charge in [0.1, 0.15) is 5.69 Å². The maximum Gasteiger partial charge on any atom is 0.292 e. The summed E-state index contributed by atoms with van der Waals surface area (Å²) in [5, 5.41) is 14.1. The smallest absolute Gasteiger partial charge is 0.292 e. The normalized spacial score (nSPS) is 15.4. The Kier molecular flexibility index (Phi) is 3.61. The van der Waals surface area contributed by atoms with Gasteiger partial charge in [0, 0.05) is 12.6 Å². The van der Waals surface area contributed by atoms with Crippen LogP contribution in [0.1, 0.15) is 31.2 Å². The quantitative estimate of drug-likeness (QED) is 0.626. The van der Waals surface area contributed by atoms with E-state index in [0.717, 1.165) is 24.4 Å². The van der Waals surface area contributed by atoms with Gasteiger partial charge in [-0.3, -0.25) is 10.1 Å². The van der Waals surface area contributed by atoms with Crippen molar-refractivity contribution in [3.05, 3.63) is 33.9 Å². The molecule has 1 aromatic rings.